The van der Waals surface area contributed by atoms with Crippen LogP contribution in [-0.4, -0.2) is 19.3 Å². The molecule has 0 atom stereocenters. The Bertz CT molecular complexity index is 604. The molecule has 2 aromatic rings. The van der Waals surface area contributed by atoms with Crippen LogP contribution in [0.15, 0.2) is 46.0 Å². The summed E-state index contributed by atoms with van der Waals surface area (Å²) < 4.78 is 28.4. The van der Waals surface area contributed by atoms with Gasteiger partial charge in [0.2, 0.25) is 0 Å². The van der Waals surface area contributed by atoms with E-state index >= 15 is 0 Å². The molecule has 0 saturated carbocycles. The zero-order chi connectivity index (χ0) is 13.7. The average molecular weight is 280 g/mol. The van der Waals surface area contributed by atoms with E-state index in [4.69, 9.17) is 4.52 Å². The van der Waals surface area contributed by atoms with E-state index in [1.54, 1.807) is 30.3 Å². The van der Waals surface area contributed by atoms with E-state index in [1.807, 2.05) is 6.92 Å². The summed E-state index contributed by atoms with van der Waals surface area (Å²) in [5, 5.41) is 6.92. The van der Waals surface area contributed by atoms with Crippen molar-refractivity contribution in [2.75, 3.05) is 11.1 Å². The normalized spacial score (nSPS) is 11.4. The van der Waals surface area contributed by atoms with Crippen LogP contribution >= 0.6 is 0 Å². The first kappa shape index (κ1) is 13.6. The van der Waals surface area contributed by atoms with Crippen LogP contribution in [0.25, 0.3) is 0 Å². The minimum atomic E-state index is -3.14. The van der Waals surface area contributed by atoms with Crippen molar-refractivity contribution in [2.24, 2.45) is 0 Å². The maximum Gasteiger partial charge on any atom is 0.178 e. The Morgan fingerprint density at radius 2 is 1.95 bits per heavy atom. The zero-order valence-electron chi connectivity index (χ0n) is 10.7. The fourth-order valence-corrected chi connectivity index (χ4v) is 3.01. The highest BCUT2D eigenvalue weighted by Crippen LogP contribution is 2.16. The number of nitrogens with one attached hydrogen (secondary N) is 1. The second-order valence-corrected chi connectivity index (χ2v) is 6.30. The van der Waals surface area contributed by atoms with Crippen molar-refractivity contribution in [1.82, 2.24) is 5.16 Å². The lowest BCUT2D eigenvalue weighted by atomic mass is 10.3. The van der Waals surface area contributed by atoms with Crippen molar-refractivity contribution in [1.29, 1.82) is 0 Å². The van der Waals surface area contributed by atoms with Crippen LogP contribution in [0.4, 0.5) is 5.69 Å². The van der Waals surface area contributed by atoms with E-state index in [9.17, 15) is 8.42 Å². The highest BCUT2D eigenvalue weighted by atomic mass is 32.2. The smallest absolute Gasteiger partial charge is 0.178 e. The van der Waals surface area contributed by atoms with Crippen molar-refractivity contribution in [3.63, 3.8) is 0 Å². The summed E-state index contributed by atoms with van der Waals surface area (Å²) in [6, 6.07) is 8.52. The van der Waals surface area contributed by atoms with Crippen LogP contribution < -0.4 is 5.32 Å². The van der Waals surface area contributed by atoms with Gasteiger partial charge in [0, 0.05) is 11.8 Å². The molecular weight excluding hydrogens is 264 g/mol. The molecule has 19 heavy (non-hydrogen) atoms. The molecule has 2 rings (SSSR count). The molecule has 0 aliphatic rings. The molecule has 5 nitrogen and oxygen atoms in total. The molecule has 0 fully saturated rings. The second kappa shape index (κ2) is 5.88. The third-order valence-corrected chi connectivity index (χ3v) is 4.59. The molecular formula is C13H16N2O3S. The Morgan fingerprint density at radius 1 is 1.21 bits per heavy atom. The van der Waals surface area contributed by atoms with Gasteiger partial charge in [-0.15, -0.1) is 0 Å². The van der Waals surface area contributed by atoms with Gasteiger partial charge in [-0.2, -0.15) is 0 Å². The highest BCUT2D eigenvalue weighted by molar-refractivity contribution is 7.91. The van der Waals surface area contributed by atoms with Crippen LogP contribution in [-0.2, 0) is 16.4 Å². The first-order chi connectivity index (χ1) is 9.12. The molecule has 1 heterocycles. The first-order valence-corrected chi connectivity index (χ1v) is 7.73. The molecule has 0 amide bonds. The Morgan fingerprint density at radius 3 is 2.53 bits per heavy atom. The molecule has 102 valence electrons. The molecule has 0 unspecified atom stereocenters. The number of hydrogen-bond acceptors (Lipinski definition) is 5. The van der Waals surface area contributed by atoms with Crippen LogP contribution in [0.2, 0.25) is 0 Å². The lowest BCUT2D eigenvalue weighted by Gasteiger charge is -2.06. The largest absolute Gasteiger partial charge is 0.379 e. The van der Waals surface area contributed by atoms with Gasteiger partial charge in [-0.3, -0.25) is 0 Å². The standard InChI is InChI=1S/C13H16N2O3S/c1-2-9-19(16,17)13-5-3-11(4-6-13)14-10-12-7-8-18-15-12/h3-8,14H,2,9-10H2,1H3. The van der Waals surface area contributed by atoms with Crippen LogP contribution in [0.3, 0.4) is 0 Å². The summed E-state index contributed by atoms with van der Waals surface area (Å²) in [5.74, 6) is 0.179. The van der Waals surface area contributed by atoms with Crippen molar-refractivity contribution in [3.8, 4) is 0 Å². The minimum absolute atomic E-state index is 0.179. The van der Waals surface area contributed by atoms with Gasteiger partial charge >= 0.3 is 0 Å². The number of nitrogens with zero attached hydrogens (tertiary/aromatic N) is 1. The van der Waals surface area contributed by atoms with Crippen molar-refractivity contribution >= 4 is 15.5 Å². The number of anilines is 1. The summed E-state index contributed by atoms with van der Waals surface area (Å²) >= 11 is 0. The van der Waals surface area contributed by atoms with Gasteiger partial charge in [0.05, 0.1) is 17.2 Å². The number of hydrogen-bond donors (Lipinski definition) is 1. The van der Waals surface area contributed by atoms with E-state index in [1.165, 1.54) is 6.26 Å². The van der Waals surface area contributed by atoms with E-state index in [0.717, 1.165) is 11.4 Å². The Balaban J connectivity index is 2.02. The Kier molecular flexibility index (Phi) is 4.21. The number of benzene rings is 1. The van der Waals surface area contributed by atoms with Gasteiger partial charge in [0.15, 0.2) is 9.84 Å². The van der Waals surface area contributed by atoms with E-state index < -0.39 is 9.84 Å². The molecule has 0 spiro atoms. The predicted molar refractivity (Wildman–Crippen MR) is 72.6 cm³/mol. The van der Waals surface area contributed by atoms with Crippen molar-refractivity contribution in [2.45, 2.75) is 24.8 Å². The van der Waals surface area contributed by atoms with Gasteiger partial charge in [-0.1, -0.05) is 12.1 Å². The molecule has 6 heteroatoms. The summed E-state index contributed by atoms with van der Waals surface area (Å²) in [4.78, 5) is 0.362. The average Bonchev–Trinajstić information content (AvgIpc) is 2.90. The maximum absolute atomic E-state index is 11.8. The molecule has 0 saturated heterocycles. The number of rotatable bonds is 6. The number of aromatic nitrogens is 1. The third-order valence-electron chi connectivity index (χ3n) is 2.65. The summed E-state index contributed by atoms with van der Waals surface area (Å²) in [6.45, 7) is 2.39. The monoisotopic (exact) mass is 280 g/mol. The van der Waals surface area contributed by atoms with Gasteiger partial charge < -0.3 is 9.84 Å². The molecule has 1 aromatic carbocycles. The predicted octanol–water partition coefficient (Wildman–Crippen LogP) is 2.47. The van der Waals surface area contributed by atoms with Crippen LogP contribution in [0.5, 0.6) is 0 Å². The fourth-order valence-electron chi connectivity index (χ4n) is 1.69. The van der Waals surface area contributed by atoms with Crippen LogP contribution in [0.1, 0.15) is 19.0 Å². The first-order valence-electron chi connectivity index (χ1n) is 6.08. The molecule has 0 bridgehead atoms. The van der Waals surface area contributed by atoms with Gasteiger partial charge in [0.1, 0.15) is 12.0 Å². The lowest BCUT2D eigenvalue weighted by Crippen LogP contribution is -2.06. The second-order valence-electron chi connectivity index (χ2n) is 4.19. The van der Waals surface area contributed by atoms with Gasteiger partial charge in [-0.05, 0) is 30.7 Å². The minimum Gasteiger partial charge on any atom is -0.379 e. The highest BCUT2D eigenvalue weighted by Gasteiger charge is 2.12. The summed E-state index contributed by atoms with van der Waals surface area (Å²) in [6.07, 6.45) is 2.13. The topological polar surface area (TPSA) is 72.2 Å². The van der Waals surface area contributed by atoms with E-state index in [-0.39, 0.29) is 5.75 Å². The SMILES string of the molecule is CCCS(=O)(=O)c1ccc(NCc2ccon2)cc1. The van der Waals surface area contributed by atoms with Gasteiger partial charge in [0.25, 0.3) is 0 Å². The lowest BCUT2D eigenvalue weighted by molar-refractivity contribution is 0.412. The van der Waals surface area contributed by atoms with E-state index in [0.29, 0.717) is 17.9 Å². The number of sulfone groups is 1. The molecule has 0 aliphatic heterocycles. The Hall–Kier alpha value is -1.82. The quantitative estimate of drug-likeness (QED) is 0.880. The summed E-state index contributed by atoms with van der Waals surface area (Å²) in [5.41, 5.74) is 1.64. The Labute approximate surface area is 112 Å². The maximum atomic E-state index is 11.8. The molecule has 0 radical (unpaired) electrons. The van der Waals surface area contributed by atoms with Crippen LogP contribution in [0, 0.1) is 0 Å². The summed E-state index contributed by atoms with van der Waals surface area (Å²) in [7, 11) is -3.14. The third kappa shape index (κ3) is 3.57. The fraction of sp³-hybridized carbons (Fsp3) is 0.308. The molecule has 0 aliphatic carbocycles. The molecule has 1 aromatic heterocycles. The van der Waals surface area contributed by atoms with Crippen molar-refractivity contribution < 1.29 is 12.9 Å². The van der Waals surface area contributed by atoms with Crippen molar-refractivity contribution in [3.05, 3.63) is 42.3 Å². The van der Waals surface area contributed by atoms with E-state index in [2.05, 4.69) is 10.5 Å². The zero-order valence-corrected chi connectivity index (χ0v) is 11.5. The van der Waals surface area contributed by atoms with Gasteiger partial charge in [-0.25, -0.2) is 8.42 Å². The molecule has 1 N–H and O–H groups in total.